The number of rotatable bonds is 4. The average Bonchev–Trinajstić information content (AvgIpc) is 2.85. The van der Waals surface area contributed by atoms with Crippen LogP contribution in [0.3, 0.4) is 0 Å². The number of benzene rings is 1. The van der Waals surface area contributed by atoms with Crippen molar-refractivity contribution in [3.63, 3.8) is 0 Å². The van der Waals surface area contributed by atoms with Crippen molar-refractivity contribution in [3.05, 3.63) is 34.9 Å². The molecule has 3 aliphatic rings. The van der Waals surface area contributed by atoms with Crippen LogP contribution in [-0.4, -0.2) is 40.7 Å². The summed E-state index contributed by atoms with van der Waals surface area (Å²) in [5.74, 6) is -0.769. The Kier molecular flexibility index (Phi) is 5.46. The van der Waals surface area contributed by atoms with E-state index in [0.29, 0.717) is 31.1 Å². The second kappa shape index (κ2) is 8.01. The molecule has 3 amide bonds. The van der Waals surface area contributed by atoms with Crippen LogP contribution in [0.4, 0.5) is 0 Å². The normalized spacial score (nSPS) is 28.1. The molecule has 4 N–H and O–H groups in total. The Morgan fingerprint density at radius 2 is 1.93 bits per heavy atom. The van der Waals surface area contributed by atoms with Crippen molar-refractivity contribution in [1.82, 2.24) is 15.5 Å². The molecule has 0 radical (unpaired) electrons. The first-order chi connectivity index (χ1) is 13.5. The summed E-state index contributed by atoms with van der Waals surface area (Å²) in [5, 5.41) is 5.91. The molecule has 1 saturated heterocycles. The highest BCUT2D eigenvalue weighted by atomic mass is 16.2. The molecule has 0 spiro atoms. The largest absolute Gasteiger partial charge is 0.326 e. The Morgan fingerprint density at radius 3 is 2.75 bits per heavy atom. The summed E-state index contributed by atoms with van der Waals surface area (Å²) in [6.45, 7) is 1.10. The molecule has 3 atom stereocenters. The molecule has 150 valence electrons. The Balaban J connectivity index is 1.42. The number of nitrogens with zero attached hydrogens (tertiary/aromatic N) is 1. The van der Waals surface area contributed by atoms with Gasteiger partial charge in [-0.15, -0.1) is 0 Å². The van der Waals surface area contributed by atoms with E-state index in [4.69, 9.17) is 5.73 Å². The Morgan fingerprint density at radius 1 is 1.11 bits per heavy atom. The van der Waals surface area contributed by atoms with Gasteiger partial charge in [-0.2, -0.15) is 0 Å². The van der Waals surface area contributed by atoms with E-state index in [-0.39, 0.29) is 30.2 Å². The van der Waals surface area contributed by atoms with Crippen molar-refractivity contribution in [3.8, 4) is 0 Å². The van der Waals surface area contributed by atoms with Crippen molar-refractivity contribution in [2.24, 2.45) is 5.73 Å². The number of fused-ring (bicyclic) bond motifs is 1. The van der Waals surface area contributed by atoms with Crippen LogP contribution >= 0.6 is 0 Å². The molecule has 1 saturated carbocycles. The predicted octanol–water partition coefficient (Wildman–Crippen LogP) is 1.20. The highest BCUT2D eigenvalue weighted by molar-refractivity contribution is 6.05. The summed E-state index contributed by atoms with van der Waals surface area (Å²) in [6, 6.07) is 5.87. The topological polar surface area (TPSA) is 105 Å². The van der Waals surface area contributed by atoms with Gasteiger partial charge in [-0.25, -0.2) is 0 Å². The summed E-state index contributed by atoms with van der Waals surface area (Å²) < 4.78 is 0. The van der Waals surface area contributed by atoms with Crippen molar-refractivity contribution in [1.29, 1.82) is 0 Å². The maximum absolute atomic E-state index is 12.9. The number of hydrogen-bond acceptors (Lipinski definition) is 5. The lowest BCUT2D eigenvalue weighted by molar-refractivity contribution is -0.136. The van der Waals surface area contributed by atoms with E-state index in [1.807, 2.05) is 18.2 Å². The first-order valence-electron chi connectivity index (χ1n) is 10.3. The smallest absolute Gasteiger partial charge is 0.255 e. The van der Waals surface area contributed by atoms with Crippen molar-refractivity contribution >= 4 is 17.7 Å². The summed E-state index contributed by atoms with van der Waals surface area (Å²) in [5.41, 5.74) is 8.94. The first kappa shape index (κ1) is 19.1. The monoisotopic (exact) mass is 384 g/mol. The fourth-order valence-corrected chi connectivity index (χ4v) is 4.55. The van der Waals surface area contributed by atoms with Crippen LogP contribution in [0.1, 0.15) is 66.4 Å². The zero-order chi connectivity index (χ0) is 19.7. The number of carbonyl (C=O) groups is 3. The third kappa shape index (κ3) is 3.82. The number of hydrogen-bond donors (Lipinski definition) is 3. The molecule has 0 aromatic heterocycles. The number of piperidine rings is 1. The Hall–Kier alpha value is -2.25. The third-order valence-electron chi connectivity index (χ3n) is 6.23. The van der Waals surface area contributed by atoms with Crippen LogP contribution in [-0.2, 0) is 22.7 Å². The second-order valence-corrected chi connectivity index (χ2v) is 8.18. The van der Waals surface area contributed by atoms with Gasteiger partial charge in [0, 0.05) is 37.2 Å². The molecular weight excluding hydrogens is 356 g/mol. The SMILES string of the molecule is N[C@@H]1CCCCC[C@@H]1NCc1ccc2c(c1)C(=O)N(C1CCC(=O)NC1=O)C2. The van der Waals surface area contributed by atoms with Crippen LogP contribution in [0.2, 0.25) is 0 Å². The minimum atomic E-state index is -0.567. The number of imide groups is 1. The summed E-state index contributed by atoms with van der Waals surface area (Å²) in [7, 11) is 0. The highest BCUT2D eigenvalue weighted by Gasteiger charge is 2.39. The standard InChI is InChI=1S/C21H28N4O3/c22-16-4-2-1-3-5-17(16)23-11-13-6-7-14-12-25(21(28)15(14)10-13)18-8-9-19(26)24-20(18)27/h6-7,10,16-18,23H,1-5,8-9,11-12,22H2,(H,24,26,27)/t16-,17+,18?/m1/s1. The lowest BCUT2D eigenvalue weighted by Gasteiger charge is -2.29. The van der Waals surface area contributed by atoms with Gasteiger partial charge < -0.3 is 16.0 Å². The van der Waals surface area contributed by atoms with Crippen LogP contribution in [0.5, 0.6) is 0 Å². The quantitative estimate of drug-likeness (QED) is 0.534. The van der Waals surface area contributed by atoms with Gasteiger partial charge in [0.15, 0.2) is 0 Å². The number of nitrogens with two attached hydrogens (primary N) is 1. The summed E-state index contributed by atoms with van der Waals surface area (Å²) in [6.07, 6.45) is 6.45. The van der Waals surface area contributed by atoms with E-state index >= 15 is 0 Å². The molecule has 0 bridgehead atoms. The molecule has 7 nitrogen and oxygen atoms in total. The molecule has 1 aliphatic carbocycles. The van der Waals surface area contributed by atoms with Gasteiger partial charge in [0.1, 0.15) is 6.04 Å². The maximum atomic E-state index is 12.9. The van der Waals surface area contributed by atoms with Gasteiger partial charge in [-0.3, -0.25) is 19.7 Å². The van der Waals surface area contributed by atoms with E-state index in [9.17, 15) is 14.4 Å². The summed E-state index contributed by atoms with van der Waals surface area (Å²) >= 11 is 0. The minimum Gasteiger partial charge on any atom is -0.326 e. The Bertz CT molecular complexity index is 794. The van der Waals surface area contributed by atoms with E-state index in [1.54, 1.807) is 4.90 Å². The van der Waals surface area contributed by atoms with Crippen molar-refractivity contribution < 1.29 is 14.4 Å². The van der Waals surface area contributed by atoms with E-state index in [1.165, 1.54) is 19.3 Å². The lowest BCUT2D eigenvalue weighted by Crippen LogP contribution is -2.52. The average molecular weight is 384 g/mol. The van der Waals surface area contributed by atoms with Gasteiger partial charge in [-0.1, -0.05) is 31.4 Å². The zero-order valence-corrected chi connectivity index (χ0v) is 16.1. The maximum Gasteiger partial charge on any atom is 0.255 e. The number of amides is 3. The molecule has 4 rings (SSSR count). The molecule has 1 unspecified atom stereocenters. The van der Waals surface area contributed by atoms with Crippen molar-refractivity contribution in [2.75, 3.05) is 0 Å². The van der Waals surface area contributed by atoms with Crippen LogP contribution in [0.15, 0.2) is 18.2 Å². The first-order valence-corrected chi connectivity index (χ1v) is 10.3. The van der Waals surface area contributed by atoms with Crippen LogP contribution < -0.4 is 16.4 Å². The molecule has 2 heterocycles. The minimum absolute atomic E-state index is 0.127. The molecular formula is C21H28N4O3. The molecule has 2 aliphatic heterocycles. The van der Waals surface area contributed by atoms with E-state index in [0.717, 1.165) is 24.0 Å². The molecule has 1 aromatic carbocycles. The summed E-state index contributed by atoms with van der Waals surface area (Å²) in [4.78, 5) is 38.0. The number of carbonyl (C=O) groups excluding carboxylic acids is 3. The third-order valence-corrected chi connectivity index (χ3v) is 6.23. The van der Waals surface area contributed by atoms with Gasteiger partial charge in [0.25, 0.3) is 5.91 Å². The molecule has 7 heteroatoms. The fourth-order valence-electron chi connectivity index (χ4n) is 4.55. The van der Waals surface area contributed by atoms with E-state index < -0.39 is 6.04 Å². The van der Waals surface area contributed by atoms with Gasteiger partial charge in [-0.05, 0) is 36.5 Å². The fraction of sp³-hybridized carbons (Fsp3) is 0.571. The molecule has 2 fully saturated rings. The molecule has 1 aromatic rings. The van der Waals surface area contributed by atoms with Gasteiger partial charge >= 0.3 is 0 Å². The molecule has 28 heavy (non-hydrogen) atoms. The Labute approximate surface area is 165 Å². The number of nitrogens with one attached hydrogen (secondary N) is 2. The zero-order valence-electron chi connectivity index (χ0n) is 16.1. The predicted molar refractivity (Wildman–Crippen MR) is 104 cm³/mol. The van der Waals surface area contributed by atoms with Gasteiger partial charge in [0.2, 0.25) is 11.8 Å². The van der Waals surface area contributed by atoms with Crippen LogP contribution in [0.25, 0.3) is 0 Å². The highest BCUT2D eigenvalue weighted by Crippen LogP contribution is 2.28. The van der Waals surface area contributed by atoms with Crippen LogP contribution in [0, 0.1) is 0 Å². The second-order valence-electron chi connectivity index (χ2n) is 8.18. The van der Waals surface area contributed by atoms with Crippen molar-refractivity contribution in [2.45, 2.75) is 76.2 Å². The van der Waals surface area contributed by atoms with E-state index in [2.05, 4.69) is 10.6 Å². The van der Waals surface area contributed by atoms with Gasteiger partial charge in [0.05, 0.1) is 0 Å². The lowest BCUT2D eigenvalue weighted by atomic mass is 10.0.